The Morgan fingerprint density at radius 3 is 2.89 bits per heavy atom. The predicted molar refractivity (Wildman–Crippen MR) is 68.0 cm³/mol. The lowest BCUT2D eigenvalue weighted by molar-refractivity contribution is -0.0120. The van der Waals surface area contributed by atoms with E-state index in [9.17, 15) is 8.42 Å². The van der Waals surface area contributed by atoms with Crippen molar-refractivity contribution in [2.24, 2.45) is 7.05 Å². The van der Waals surface area contributed by atoms with Crippen molar-refractivity contribution in [3.05, 3.63) is 6.20 Å². The molecule has 2 rings (SSSR count). The van der Waals surface area contributed by atoms with Crippen LogP contribution in [0.2, 0.25) is 0 Å². The smallest absolute Gasteiger partial charge is 0.245 e. The van der Waals surface area contributed by atoms with Gasteiger partial charge in [0.15, 0.2) is 5.82 Å². The van der Waals surface area contributed by atoms with Gasteiger partial charge in [-0.05, 0) is 0 Å². The van der Waals surface area contributed by atoms with Gasteiger partial charge in [-0.25, -0.2) is 13.1 Å². The zero-order valence-electron chi connectivity index (χ0n) is 10.9. The summed E-state index contributed by atoms with van der Waals surface area (Å²) >= 11 is 0. The molecule has 1 aromatic heterocycles. The lowest BCUT2D eigenvalue weighted by Gasteiger charge is -2.25. The summed E-state index contributed by atoms with van der Waals surface area (Å²) in [6, 6.07) is 0. The zero-order chi connectivity index (χ0) is 14.1. The molecule has 1 unspecified atom stereocenters. The van der Waals surface area contributed by atoms with Gasteiger partial charge in [0, 0.05) is 39.9 Å². The molecule has 0 radical (unpaired) electrons. The van der Waals surface area contributed by atoms with E-state index in [1.807, 2.05) is 0 Å². The van der Waals surface area contributed by atoms with E-state index in [0.29, 0.717) is 19.6 Å². The Labute approximate surface area is 111 Å². The normalized spacial score (nSPS) is 23.9. The molecule has 0 spiro atoms. The molecule has 8 nitrogen and oxygen atoms in total. The second-order valence-electron chi connectivity index (χ2n) is 4.57. The molecule has 2 heterocycles. The van der Waals surface area contributed by atoms with Crippen LogP contribution in [0.25, 0.3) is 0 Å². The number of nitrogen functional groups attached to an aromatic ring is 1. The van der Waals surface area contributed by atoms with Gasteiger partial charge in [0.1, 0.15) is 10.5 Å². The van der Waals surface area contributed by atoms with E-state index in [4.69, 9.17) is 15.2 Å². The number of aromatic nitrogens is 2. The maximum absolute atomic E-state index is 12.1. The molecule has 0 aromatic carbocycles. The fourth-order valence-electron chi connectivity index (χ4n) is 1.96. The summed E-state index contributed by atoms with van der Waals surface area (Å²) in [6.07, 6.45) is 2.01. The zero-order valence-corrected chi connectivity index (χ0v) is 11.7. The van der Waals surface area contributed by atoms with Gasteiger partial charge in [-0.15, -0.1) is 0 Å². The summed E-state index contributed by atoms with van der Waals surface area (Å²) < 4.78 is 38.7. The van der Waals surface area contributed by atoms with Gasteiger partial charge in [0.05, 0.1) is 6.61 Å². The largest absolute Gasteiger partial charge is 0.381 e. The average Bonchev–Trinajstić information content (AvgIpc) is 2.95. The Bertz CT molecular complexity index is 548. The molecule has 108 valence electrons. The van der Waals surface area contributed by atoms with Crippen molar-refractivity contribution in [2.45, 2.75) is 16.9 Å². The van der Waals surface area contributed by atoms with Crippen LogP contribution in [0.3, 0.4) is 0 Å². The van der Waals surface area contributed by atoms with E-state index in [2.05, 4.69) is 9.82 Å². The fourth-order valence-corrected chi connectivity index (χ4v) is 3.17. The maximum atomic E-state index is 12.1. The van der Waals surface area contributed by atoms with Crippen LogP contribution in [0, 0.1) is 0 Å². The van der Waals surface area contributed by atoms with Crippen LogP contribution in [0.4, 0.5) is 5.82 Å². The third kappa shape index (κ3) is 2.89. The molecule has 3 N–H and O–H groups in total. The minimum atomic E-state index is -3.70. The number of methoxy groups -OCH3 is 1. The van der Waals surface area contributed by atoms with Gasteiger partial charge in [-0.2, -0.15) is 5.10 Å². The van der Waals surface area contributed by atoms with Gasteiger partial charge in [-0.1, -0.05) is 0 Å². The molecule has 1 aliphatic heterocycles. The third-order valence-electron chi connectivity index (χ3n) is 3.20. The van der Waals surface area contributed by atoms with E-state index < -0.39 is 15.6 Å². The highest BCUT2D eigenvalue weighted by atomic mass is 32.2. The van der Waals surface area contributed by atoms with Gasteiger partial charge in [0.2, 0.25) is 10.0 Å². The molecule has 1 saturated heterocycles. The minimum absolute atomic E-state index is 0.0239. The SMILES string of the molecule is COC1(CNS(=O)(=O)c2cn(C)nc2N)CCOC1. The van der Waals surface area contributed by atoms with E-state index in [-0.39, 0.29) is 17.3 Å². The third-order valence-corrected chi connectivity index (χ3v) is 4.61. The van der Waals surface area contributed by atoms with Gasteiger partial charge < -0.3 is 15.2 Å². The first kappa shape index (κ1) is 14.3. The van der Waals surface area contributed by atoms with Crippen LogP contribution in [0.5, 0.6) is 0 Å². The minimum Gasteiger partial charge on any atom is -0.381 e. The molecule has 0 bridgehead atoms. The summed E-state index contributed by atoms with van der Waals surface area (Å²) in [4.78, 5) is -0.0276. The first-order chi connectivity index (χ1) is 8.88. The van der Waals surface area contributed by atoms with Crippen LogP contribution in [0.15, 0.2) is 11.1 Å². The molecule has 1 aromatic rings. The molecule has 1 fully saturated rings. The lowest BCUT2D eigenvalue weighted by atomic mass is 10.0. The predicted octanol–water partition coefficient (Wildman–Crippen LogP) is -0.914. The topological polar surface area (TPSA) is 108 Å². The van der Waals surface area contributed by atoms with Crippen LogP contribution >= 0.6 is 0 Å². The summed E-state index contributed by atoms with van der Waals surface area (Å²) in [5.74, 6) is -0.0239. The van der Waals surface area contributed by atoms with Crippen molar-refractivity contribution in [3.8, 4) is 0 Å². The van der Waals surface area contributed by atoms with Crippen molar-refractivity contribution < 1.29 is 17.9 Å². The second-order valence-corrected chi connectivity index (χ2v) is 6.30. The summed E-state index contributed by atoms with van der Waals surface area (Å²) in [7, 11) is -0.549. The number of rotatable bonds is 5. The number of sulfonamides is 1. The summed E-state index contributed by atoms with van der Waals surface area (Å²) in [5.41, 5.74) is 4.96. The standard InChI is InChI=1S/C10H18N4O4S/c1-14-5-8(9(11)13-14)19(15,16)12-6-10(17-2)3-4-18-7-10/h5,12H,3-4,6-7H2,1-2H3,(H2,11,13). The Kier molecular flexibility index (Phi) is 3.81. The lowest BCUT2D eigenvalue weighted by Crippen LogP contribution is -2.44. The van der Waals surface area contributed by atoms with Crippen molar-refractivity contribution >= 4 is 15.8 Å². The van der Waals surface area contributed by atoms with Crippen LogP contribution in [0.1, 0.15) is 6.42 Å². The highest BCUT2D eigenvalue weighted by Crippen LogP contribution is 2.23. The number of anilines is 1. The van der Waals surface area contributed by atoms with E-state index in [0.717, 1.165) is 0 Å². The van der Waals surface area contributed by atoms with Crippen molar-refractivity contribution in [3.63, 3.8) is 0 Å². The monoisotopic (exact) mass is 290 g/mol. The first-order valence-electron chi connectivity index (χ1n) is 5.80. The highest BCUT2D eigenvalue weighted by Gasteiger charge is 2.36. The molecule has 9 heteroatoms. The van der Waals surface area contributed by atoms with E-state index >= 15 is 0 Å². The Balaban J connectivity index is 2.12. The molecule has 1 aliphatic rings. The van der Waals surface area contributed by atoms with E-state index in [1.54, 1.807) is 14.2 Å². The highest BCUT2D eigenvalue weighted by molar-refractivity contribution is 7.89. The second kappa shape index (κ2) is 5.08. The number of nitrogens with one attached hydrogen (secondary N) is 1. The molecule has 0 saturated carbocycles. The van der Waals surface area contributed by atoms with Crippen LogP contribution in [-0.2, 0) is 26.5 Å². The van der Waals surface area contributed by atoms with Gasteiger partial charge >= 0.3 is 0 Å². The number of aryl methyl sites for hydroxylation is 1. The number of hydrogen-bond acceptors (Lipinski definition) is 6. The van der Waals surface area contributed by atoms with Gasteiger partial charge in [-0.3, -0.25) is 4.68 Å². The quantitative estimate of drug-likeness (QED) is 0.726. The fraction of sp³-hybridized carbons (Fsp3) is 0.700. The summed E-state index contributed by atoms with van der Waals surface area (Å²) in [6.45, 7) is 1.07. The van der Waals surface area contributed by atoms with Gasteiger partial charge in [0.25, 0.3) is 0 Å². The summed E-state index contributed by atoms with van der Waals surface area (Å²) in [5, 5.41) is 3.81. The van der Waals surface area contributed by atoms with Crippen molar-refractivity contribution in [1.82, 2.24) is 14.5 Å². The van der Waals surface area contributed by atoms with E-state index in [1.165, 1.54) is 10.9 Å². The molecule has 1 atom stereocenters. The van der Waals surface area contributed by atoms with Crippen molar-refractivity contribution in [1.29, 1.82) is 0 Å². The first-order valence-corrected chi connectivity index (χ1v) is 7.29. The Morgan fingerprint density at radius 1 is 1.68 bits per heavy atom. The number of nitrogens with zero attached hydrogens (tertiary/aromatic N) is 2. The molecule has 0 amide bonds. The average molecular weight is 290 g/mol. The van der Waals surface area contributed by atoms with Crippen molar-refractivity contribution in [2.75, 3.05) is 32.6 Å². The Hall–Kier alpha value is -1.16. The maximum Gasteiger partial charge on any atom is 0.245 e. The molecule has 0 aliphatic carbocycles. The number of ether oxygens (including phenoxy) is 2. The Morgan fingerprint density at radius 2 is 2.42 bits per heavy atom. The van der Waals surface area contributed by atoms with Crippen LogP contribution in [-0.4, -0.2) is 50.7 Å². The number of hydrogen-bond donors (Lipinski definition) is 2. The molecular formula is C10H18N4O4S. The molecular weight excluding hydrogens is 272 g/mol. The number of nitrogens with two attached hydrogens (primary N) is 1. The molecule has 19 heavy (non-hydrogen) atoms. The van der Waals surface area contributed by atoms with Crippen LogP contribution < -0.4 is 10.5 Å².